The van der Waals surface area contributed by atoms with Gasteiger partial charge in [0.05, 0.1) is 0 Å². The third-order valence-corrected chi connectivity index (χ3v) is 6.21. The number of hydrogen-bond donors (Lipinski definition) is 4. The molecule has 0 fully saturated rings. The van der Waals surface area contributed by atoms with Crippen LogP contribution in [0, 0.1) is 6.92 Å². The molecule has 0 saturated carbocycles. The van der Waals surface area contributed by atoms with Crippen molar-refractivity contribution in [2.45, 2.75) is 51.3 Å². The largest absolute Gasteiger partial charge is 0.445 e. The van der Waals surface area contributed by atoms with E-state index in [1.165, 1.54) is 5.56 Å². The van der Waals surface area contributed by atoms with E-state index in [2.05, 4.69) is 34.9 Å². The average molecular weight is 517 g/mol. The van der Waals surface area contributed by atoms with Crippen LogP contribution in [0.2, 0.25) is 0 Å². The minimum Gasteiger partial charge on any atom is -0.445 e. The number of amides is 3. The molecule has 0 unspecified atom stereocenters. The van der Waals surface area contributed by atoms with Gasteiger partial charge in [-0.05, 0) is 55.0 Å². The van der Waals surface area contributed by atoms with Crippen LogP contribution < -0.4 is 22.1 Å². The van der Waals surface area contributed by atoms with Crippen LogP contribution in [0.25, 0.3) is 11.1 Å². The number of aryl methyl sites for hydroxylation is 1. The fraction of sp³-hybridized carbons (Fsp3) is 0.300. The zero-order valence-corrected chi connectivity index (χ0v) is 21.7. The van der Waals surface area contributed by atoms with Crippen molar-refractivity contribution in [3.63, 3.8) is 0 Å². The number of alkyl carbamates (subject to hydrolysis) is 1. The minimum atomic E-state index is -0.972. The lowest BCUT2D eigenvalue weighted by Crippen LogP contribution is -2.53. The van der Waals surface area contributed by atoms with Crippen molar-refractivity contribution in [3.8, 4) is 11.1 Å². The summed E-state index contributed by atoms with van der Waals surface area (Å²) in [6.07, 6.45) is 1.19. The molecule has 0 aliphatic heterocycles. The van der Waals surface area contributed by atoms with Gasteiger partial charge in [-0.25, -0.2) is 4.79 Å². The number of ether oxygens (including phenoxy) is 1. The monoisotopic (exact) mass is 516 g/mol. The number of benzene rings is 3. The van der Waals surface area contributed by atoms with E-state index in [1.807, 2.05) is 61.5 Å². The maximum absolute atomic E-state index is 13.2. The Hall–Kier alpha value is -4.17. The van der Waals surface area contributed by atoms with Gasteiger partial charge in [0.25, 0.3) is 0 Å². The van der Waals surface area contributed by atoms with Gasteiger partial charge in [-0.1, -0.05) is 84.4 Å². The fourth-order valence-electron chi connectivity index (χ4n) is 3.98. The van der Waals surface area contributed by atoms with E-state index in [-0.39, 0.29) is 13.0 Å². The summed E-state index contributed by atoms with van der Waals surface area (Å²) >= 11 is 0. The predicted molar refractivity (Wildman–Crippen MR) is 148 cm³/mol. The van der Waals surface area contributed by atoms with E-state index < -0.39 is 30.0 Å². The first-order valence-corrected chi connectivity index (χ1v) is 12.8. The zero-order valence-electron chi connectivity index (χ0n) is 21.7. The van der Waals surface area contributed by atoms with Gasteiger partial charge in [-0.2, -0.15) is 0 Å². The molecule has 6 N–H and O–H groups in total. The van der Waals surface area contributed by atoms with Crippen molar-refractivity contribution < 1.29 is 19.1 Å². The van der Waals surface area contributed by atoms with E-state index in [0.29, 0.717) is 25.8 Å². The molecule has 3 aromatic rings. The topological polar surface area (TPSA) is 137 Å². The van der Waals surface area contributed by atoms with Crippen molar-refractivity contribution in [1.82, 2.24) is 10.6 Å². The Morgan fingerprint density at radius 3 is 2.03 bits per heavy atom. The molecule has 0 radical (unpaired) electrons. The lowest BCUT2D eigenvalue weighted by atomic mass is 9.99. The molecule has 0 aliphatic carbocycles. The van der Waals surface area contributed by atoms with Crippen molar-refractivity contribution >= 4 is 17.9 Å². The highest BCUT2D eigenvalue weighted by atomic mass is 16.5. The normalized spacial score (nSPS) is 12.3. The van der Waals surface area contributed by atoms with E-state index in [0.717, 1.165) is 22.3 Å². The molecule has 8 nitrogen and oxygen atoms in total. The number of unbranched alkanes of at least 4 members (excludes halogenated alkanes) is 1. The molecule has 200 valence electrons. The highest BCUT2D eigenvalue weighted by Gasteiger charge is 2.26. The smallest absolute Gasteiger partial charge is 0.408 e. The van der Waals surface area contributed by atoms with Crippen molar-refractivity contribution in [3.05, 3.63) is 95.6 Å². The van der Waals surface area contributed by atoms with Crippen molar-refractivity contribution in [2.24, 2.45) is 11.5 Å². The highest BCUT2D eigenvalue weighted by Crippen LogP contribution is 2.21. The number of rotatable bonds is 13. The number of nitrogens with two attached hydrogens (primary N) is 2. The van der Waals surface area contributed by atoms with Gasteiger partial charge >= 0.3 is 6.09 Å². The fourth-order valence-corrected chi connectivity index (χ4v) is 3.98. The molecular formula is C30H36N4O4. The van der Waals surface area contributed by atoms with Crippen LogP contribution in [0.5, 0.6) is 0 Å². The molecule has 38 heavy (non-hydrogen) atoms. The van der Waals surface area contributed by atoms with E-state index in [4.69, 9.17) is 16.2 Å². The van der Waals surface area contributed by atoms with E-state index in [1.54, 1.807) is 0 Å². The zero-order chi connectivity index (χ0) is 27.3. The predicted octanol–water partition coefficient (Wildman–Crippen LogP) is 3.60. The third-order valence-electron chi connectivity index (χ3n) is 6.21. The molecule has 0 bridgehead atoms. The summed E-state index contributed by atoms with van der Waals surface area (Å²) in [6, 6.07) is 23.4. The van der Waals surface area contributed by atoms with Gasteiger partial charge in [-0.15, -0.1) is 0 Å². The maximum atomic E-state index is 13.2. The summed E-state index contributed by atoms with van der Waals surface area (Å²) in [5.74, 6) is -1.15. The molecule has 3 rings (SSSR count). The Balaban J connectivity index is 1.71. The van der Waals surface area contributed by atoms with Crippen LogP contribution >= 0.6 is 0 Å². The quantitative estimate of drug-likeness (QED) is 0.257. The van der Waals surface area contributed by atoms with E-state index in [9.17, 15) is 14.4 Å². The molecular weight excluding hydrogens is 480 g/mol. The van der Waals surface area contributed by atoms with Gasteiger partial charge < -0.3 is 26.8 Å². The number of hydrogen-bond acceptors (Lipinski definition) is 5. The minimum absolute atomic E-state index is 0.0647. The molecule has 0 aliphatic rings. The molecule has 0 heterocycles. The van der Waals surface area contributed by atoms with Crippen molar-refractivity contribution in [1.29, 1.82) is 0 Å². The molecule has 3 aromatic carbocycles. The third kappa shape index (κ3) is 9.05. The van der Waals surface area contributed by atoms with Gasteiger partial charge in [0.2, 0.25) is 11.8 Å². The SMILES string of the molecule is Cc1ccc(-c2ccc(C[C@H](NC(=O)OCc3ccccc3)C(=O)N[C@@H](CCCCN)C(N)=O)cc2)cc1. The first-order chi connectivity index (χ1) is 18.4. The first-order valence-electron chi connectivity index (χ1n) is 12.8. The molecule has 0 aromatic heterocycles. The number of nitrogens with one attached hydrogen (secondary N) is 2. The molecule has 0 spiro atoms. The Morgan fingerprint density at radius 1 is 0.789 bits per heavy atom. The number of carbonyl (C=O) groups is 3. The van der Waals surface area contributed by atoms with Crippen molar-refractivity contribution in [2.75, 3.05) is 6.54 Å². The average Bonchev–Trinajstić information content (AvgIpc) is 2.92. The van der Waals surface area contributed by atoms with Gasteiger partial charge in [0, 0.05) is 6.42 Å². The Kier molecular flexibility index (Phi) is 10.9. The van der Waals surface area contributed by atoms with Gasteiger partial charge in [0.15, 0.2) is 0 Å². The lowest BCUT2D eigenvalue weighted by Gasteiger charge is -2.22. The highest BCUT2D eigenvalue weighted by molar-refractivity contribution is 5.91. The Labute approximate surface area is 223 Å². The first kappa shape index (κ1) is 28.4. The maximum Gasteiger partial charge on any atom is 0.408 e. The lowest BCUT2D eigenvalue weighted by molar-refractivity contribution is -0.128. The Morgan fingerprint density at radius 2 is 1.42 bits per heavy atom. The summed E-state index contributed by atoms with van der Waals surface area (Å²) in [4.78, 5) is 37.8. The van der Waals surface area contributed by atoms with Crippen LogP contribution in [-0.2, 0) is 27.4 Å². The van der Waals surface area contributed by atoms with Gasteiger partial charge in [0.1, 0.15) is 18.7 Å². The standard InChI is InChI=1S/C30H36N4O4/c1-21-10-14-24(15-11-21)25-16-12-22(13-17-25)19-27(29(36)33-26(28(32)35)9-5-6-18-31)34-30(37)38-20-23-7-3-2-4-8-23/h2-4,7-8,10-17,26-27H,5-6,9,18-20,31H2,1H3,(H2,32,35)(H,33,36)(H,34,37)/t26-,27-/m0/s1. The van der Waals surface area contributed by atoms with Crippen LogP contribution in [0.1, 0.15) is 36.0 Å². The van der Waals surface area contributed by atoms with E-state index >= 15 is 0 Å². The Bertz CT molecular complexity index is 1180. The molecule has 2 atom stereocenters. The second-order valence-electron chi connectivity index (χ2n) is 9.27. The van der Waals surface area contributed by atoms with Crippen LogP contribution in [0.3, 0.4) is 0 Å². The second kappa shape index (κ2) is 14.5. The van der Waals surface area contributed by atoms with Crippen LogP contribution in [0.15, 0.2) is 78.9 Å². The van der Waals surface area contributed by atoms with Gasteiger partial charge in [-0.3, -0.25) is 9.59 Å². The van der Waals surface area contributed by atoms with Crippen LogP contribution in [0.4, 0.5) is 4.79 Å². The number of carbonyl (C=O) groups excluding carboxylic acids is 3. The molecule has 3 amide bonds. The summed E-state index contributed by atoms with van der Waals surface area (Å²) in [5.41, 5.74) is 16.0. The number of primary amides is 1. The summed E-state index contributed by atoms with van der Waals surface area (Å²) < 4.78 is 5.33. The van der Waals surface area contributed by atoms with Crippen LogP contribution in [-0.4, -0.2) is 36.5 Å². The summed E-state index contributed by atoms with van der Waals surface area (Å²) in [7, 11) is 0. The molecule has 0 saturated heterocycles. The second-order valence-corrected chi connectivity index (χ2v) is 9.27. The summed E-state index contributed by atoms with van der Waals surface area (Å²) in [6.45, 7) is 2.58. The summed E-state index contributed by atoms with van der Waals surface area (Å²) in [5, 5.41) is 5.35. The molecule has 8 heteroatoms.